The zero-order valence-corrected chi connectivity index (χ0v) is 18.5. The fourth-order valence-corrected chi connectivity index (χ4v) is 5.20. The Bertz CT molecular complexity index is 816. The summed E-state index contributed by atoms with van der Waals surface area (Å²) in [6, 6.07) is 14.8. The molecule has 156 valence electrons. The molecule has 0 saturated carbocycles. The Labute approximate surface area is 176 Å². The maximum absolute atomic E-state index is 13.6. The quantitative estimate of drug-likeness (QED) is 0.560. The van der Waals surface area contributed by atoms with Crippen molar-refractivity contribution in [3.05, 3.63) is 64.7 Å². The molecule has 3 rings (SSSR count). The summed E-state index contributed by atoms with van der Waals surface area (Å²) >= 11 is 0. The van der Waals surface area contributed by atoms with Gasteiger partial charge in [0.15, 0.2) is 5.78 Å². The summed E-state index contributed by atoms with van der Waals surface area (Å²) in [6.45, 7) is 9.53. The van der Waals surface area contributed by atoms with Crippen molar-refractivity contribution >= 4 is 5.78 Å². The highest BCUT2D eigenvalue weighted by molar-refractivity contribution is 5.85. The van der Waals surface area contributed by atoms with Gasteiger partial charge in [-0.3, -0.25) is 4.79 Å². The Morgan fingerprint density at radius 1 is 1.03 bits per heavy atom. The molecule has 1 saturated heterocycles. The van der Waals surface area contributed by atoms with Crippen molar-refractivity contribution in [2.24, 2.45) is 0 Å². The van der Waals surface area contributed by atoms with E-state index in [1.165, 1.54) is 41.5 Å². The molecule has 0 radical (unpaired) electrons. The van der Waals surface area contributed by atoms with Crippen LogP contribution in [0.2, 0.25) is 0 Å². The smallest absolute Gasteiger partial charge is 0.194 e. The van der Waals surface area contributed by atoms with Crippen molar-refractivity contribution in [2.75, 3.05) is 20.2 Å². The van der Waals surface area contributed by atoms with Gasteiger partial charge in [-0.1, -0.05) is 37.3 Å². The molecule has 1 unspecified atom stereocenters. The number of nitrogens with zero attached hydrogens (tertiary/aromatic N) is 1. The van der Waals surface area contributed by atoms with Crippen LogP contribution in [0.5, 0.6) is 5.75 Å². The zero-order valence-electron chi connectivity index (χ0n) is 18.5. The van der Waals surface area contributed by atoms with Crippen molar-refractivity contribution < 1.29 is 14.0 Å². The highest BCUT2D eigenvalue weighted by Gasteiger charge is 2.41. The first-order valence-electron chi connectivity index (χ1n) is 11.1. The first-order chi connectivity index (χ1) is 14.0. The molecular weight excluding hydrogens is 358 g/mol. The van der Waals surface area contributed by atoms with E-state index >= 15 is 0 Å². The van der Waals surface area contributed by atoms with Crippen LogP contribution in [0.1, 0.15) is 54.9 Å². The number of rotatable bonds is 8. The summed E-state index contributed by atoms with van der Waals surface area (Å²) in [5.74, 6) is 1.29. The van der Waals surface area contributed by atoms with Crippen molar-refractivity contribution in [2.45, 2.75) is 65.5 Å². The van der Waals surface area contributed by atoms with Crippen LogP contribution < -0.4 is 4.74 Å². The maximum Gasteiger partial charge on any atom is 0.194 e. The number of piperidine rings is 1. The van der Waals surface area contributed by atoms with Gasteiger partial charge in [0, 0.05) is 18.4 Å². The van der Waals surface area contributed by atoms with Crippen molar-refractivity contribution in [1.29, 1.82) is 0 Å². The number of Topliss-reactive ketones (excluding diaryl/α,β-unsaturated/α-hetero) is 1. The van der Waals surface area contributed by atoms with E-state index in [9.17, 15) is 4.79 Å². The van der Waals surface area contributed by atoms with Gasteiger partial charge in [0.05, 0.1) is 20.2 Å². The number of quaternary nitrogens is 1. The molecule has 3 nitrogen and oxygen atoms in total. The summed E-state index contributed by atoms with van der Waals surface area (Å²) < 4.78 is 6.34. The monoisotopic (exact) mass is 394 g/mol. The minimum atomic E-state index is 0.0560. The number of hydrogen-bond acceptors (Lipinski definition) is 2. The standard InChI is InChI=1S/C26H36NO2/c1-5-25(26(28)18-24-20(2)11-9-12-21(24)3)27(15-7-6-8-16-27)19-22-13-10-14-23(17-22)29-4/h9-14,17,25H,5-8,15-16,18-19H2,1-4H3/q+1. The minimum absolute atomic E-state index is 0.0560. The van der Waals surface area contributed by atoms with E-state index in [1.54, 1.807) is 7.11 Å². The predicted molar refractivity (Wildman–Crippen MR) is 119 cm³/mol. The van der Waals surface area contributed by atoms with E-state index in [-0.39, 0.29) is 6.04 Å². The molecule has 2 aromatic carbocycles. The second-order valence-corrected chi connectivity index (χ2v) is 8.67. The predicted octanol–water partition coefficient (Wildman–Crippen LogP) is 5.40. The first kappa shape index (κ1) is 21.6. The van der Waals surface area contributed by atoms with Gasteiger partial charge in [-0.15, -0.1) is 0 Å². The lowest BCUT2D eigenvalue weighted by Gasteiger charge is -2.46. The largest absolute Gasteiger partial charge is 0.497 e. The van der Waals surface area contributed by atoms with Crippen LogP contribution in [-0.2, 0) is 17.8 Å². The molecule has 1 fully saturated rings. The summed E-state index contributed by atoms with van der Waals surface area (Å²) in [4.78, 5) is 13.6. The van der Waals surface area contributed by atoms with E-state index < -0.39 is 0 Å². The number of hydrogen-bond donors (Lipinski definition) is 0. The van der Waals surface area contributed by atoms with E-state index in [0.717, 1.165) is 36.3 Å². The molecular formula is C26H36NO2+. The Morgan fingerprint density at radius 2 is 1.69 bits per heavy atom. The van der Waals surface area contributed by atoms with Crippen molar-refractivity contribution in [3.8, 4) is 5.75 Å². The Morgan fingerprint density at radius 3 is 2.31 bits per heavy atom. The Kier molecular flexibility index (Phi) is 7.13. The topological polar surface area (TPSA) is 26.3 Å². The van der Waals surface area contributed by atoms with Gasteiger partial charge in [0.2, 0.25) is 0 Å². The Hall–Kier alpha value is -2.13. The highest BCUT2D eigenvalue weighted by Crippen LogP contribution is 2.31. The van der Waals surface area contributed by atoms with E-state index in [1.807, 2.05) is 6.07 Å². The summed E-state index contributed by atoms with van der Waals surface area (Å²) in [5, 5.41) is 0. The SMILES string of the molecule is CCC(C(=O)Cc1c(C)cccc1C)[N+]1(Cc2cccc(OC)c2)CCCCC1. The molecule has 0 amide bonds. The first-order valence-corrected chi connectivity index (χ1v) is 11.1. The molecule has 3 heteroatoms. The minimum Gasteiger partial charge on any atom is -0.497 e. The number of ether oxygens (including phenoxy) is 1. The summed E-state index contributed by atoms with van der Waals surface area (Å²) in [7, 11) is 1.72. The molecule has 0 spiro atoms. The number of methoxy groups -OCH3 is 1. The number of benzene rings is 2. The molecule has 0 aromatic heterocycles. The van der Waals surface area contributed by atoms with Crippen LogP contribution in [0.25, 0.3) is 0 Å². The third-order valence-electron chi connectivity index (χ3n) is 6.75. The van der Waals surface area contributed by atoms with Crippen LogP contribution in [0, 0.1) is 13.8 Å². The molecule has 2 aromatic rings. The highest BCUT2D eigenvalue weighted by atomic mass is 16.5. The molecule has 0 aliphatic carbocycles. The molecule has 1 aliphatic heterocycles. The number of carbonyl (C=O) groups is 1. The molecule has 1 aliphatic rings. The Balaban J connectivity index is 1.89. The van der Waals surface area contributed by atoms with Crippen molar-refractivity contribution in [1.82, 2.24) is 0 Å². The van der Waals surface area contributed by atoms with Crippen molar-refractivity contribution in [3.63, 3.8) is 0 Å². The van der Waals surface area contributed by atoms with Crippen LogP contribution >= 0.6 is 0 Å². The van der Waals surface area contributed by atoms with Gasteiger partial charge in [-0.2, -0.15) is 0 Å². The third kappa shape index (κ3) is 4.90. The van der Waals surface area contributed by atoms with Crippen LogP contribution in [0.4, 0.5) is 0 Å². The fraction of sp³-hybridized carbons (Fsp3) is 0.500. The van der Waals surface area contributed by atoms with Gasteiger partial charge >= 0.3 is 0 Å². The lowest BCUT2D eigenvalue weighted by Crippen LogP contribution is -2.60. The second kappa shape index (κ2) is 9.58. The average molecular weight is 395 g/mol. The molecule has 0 bridgehead atoms. The third-order valence-corrected chi connectivity index (χ3v) is 6.75. The van der Waals surface area contributed by atoms with E-state index in [4.69, 9.17) is 4.74 Å². The van der Waals surface area contributed by atoms with Gasteiger partial charge in [-0.05, 0) is 61.9 Å². The van der Waals surface area contributed by atoms with Gasteiger partial charge in [-0.25, -0.2) is 0 Å². The van der Waals surface area contributed by atoms with E-state index in [0.29, 0.717) is 12.2 Å². The lowest BCUT2D eigenvalue weighted by atomic mass is 9.91. The second-order valence-electron chi connectivity index (χ2n) is 8.67. The normalized spacial score (nSPS) is 17.0. The van der Waals surface area contributed by atoms with Gasteiger partial charge < -0.3 is 9.22 Å². The van der Waals surface area contributed by atoms with Crippen LogP contribution in [-0.4, -0.2) is 36.5 Å². The van der Waals surface area contributed by atoms with Gasteiger partial charge in [0.25, 0.3) is 0 Å². The molecule has 1 heterocycles. The number of aryl methyl sites for hydroxylation is 2. The molecule has 29 heavy (non-hydrogen) atoms. The van der Waals surface area contributed by atoms with E-state index in [2.05, 4.69) is 57.2 Å². The summed E-state index contributed by atoms with van der Waals surface area (Å²) in [5.41, 5.74) is 4.94. The number of carbonyl (C=O) groups excluding carboxylic acids is 1. The lowest BCUT2D eigenvalue weighted by molar-refractivity contribution is -0.959. The van der Waals surface area contributed by atoms with Crippen LogP contribution in [0.3, 0.4) is 0 Å². The number of ketones is 1. The van der Waals surface area contributed by atoms with Crippen LogP contribution in [0.15, 0.2) is 42.5 Å². The fourth-order valence-electron chi connectivity index (χ4n) is 5.20. The molecule has 1 atom stereocenters. The zero-order chi connectivity index (χ0) is 20.9. The van der Waals surface area contributed by atoms with Gasteiger partial charge in [0.1, 0.15) is 18.3 Å². The maximum atomic E-state index is 13.6. The summed E-state index contributed by atoms with van der Waals surface area (Å²) in [6.07, 6.45) is 5.14. The average Bonchev–Trinajstić information content (AvgIpc) is 2.72. The molecule has 0 N–H and O–H groups in total. The number of likely N-dealkylation sites (tertiary alicyclic amines) is 1.